The Balaban J connectivity index is 2.27. The Morgan fingerprint density at radius 2 is 1.81 bits per heavy atom. The van der Waals surface area contributed by atoms with Crippen LogP contribution in [0.5, 0.6) is 0 Å². The molecule has 0 atom stereocenters. The van der Waals surface area contributed by atoms with Gasteiger partial charge in [0.1, 0.15) is 0 Å². The van der Waals surface area contributed by atoms with Crippen LogP contribution in [-0.2, 0) is 6.42 Å². The van der Waals surface area contributed by atoms with Crippen molar-refractivity contribution in [1.29, 1.82) is 0 Å². The summed E-state index contributed by atoms with van der Waals surface area (Å²) in [6.07, 6.45) is 6.31. The third-order valence-electron chi connectivity index (χ3n) is 3.70. The average Bonchev–Trinajstić information content (AvgIpc) is 2.51. The Hall–Kier alpha value is -2.41. The van der Waals surface area contributed by atoms with Gasteiger partial charge >= 0.3 is 0 Å². The van der Waals surface area contributed by atoms with Crippen molar-refractivity contribution in [2.24, 2.45) is 0 Å². The highest BCUT2D eigenvalue weighted by Crippen LogP contribution is 2.20. The van der Waals surface area contributed by atoms with E-state index in [4.69, 9.17) is 0 Å². The molecule has 0 N–H and O–H groups in total. The molecule has 2 aromatic carbocycles. The van der Waals surface area contributed by atoms with E-state index in [1.807, 2.05) is 42.5 Å². The van der Waals surface area contributed by atoms with Crippen molar-refractivity contribution >= 4 is 11.9 Å². The predicted molar refractivity (Wildman–Crippen MR) is 89.6 cm³/mol. The molecule has 0 aliphatic carbocycles. The van der Waals surface area contributed by atoms with Gasteiger partial charge in [-0.1, -0.05) is 54.6 Å². The molecule has 0 radical (unpaired) electrons. The molecule has 21 heavy (non-hydrogen) atoms. The first-order valence-corrected chi connectivity index (χ1v) is 7.11. The lowest BCUT2D eigenvalue weighted by atomic mass is 9.95. The summed E-state index contributed by atoms with van der Waals surface area (Å²) >= 11 is 0. The fraction of sp³-hybridized carbons (Fsp3) is 0.150. The van der Waals surface area contributed by atoms with Crippen LogP contribution in [0.2, 0.25) is 0 Å². The van der Waals surface area contributed by atoms with Gasteiger partial charge in [0.15, 0.2) is 5.78 Å². The maximum absolute atomic E-state index is 12.1. The molecular formula is C20H20O. The molecule has 0 fully saturated rings. The molecule has 0 saturated heterocycles. The normalized spacial score (nSPS) is 10.8. The summed E-state index contributed by atoms with van der Waals surface area (Å²) in [4.78, 5) is 12.1. The number of ketones is 1. The molecule has 0 amide bonds. The summed E-state index contributed by atoms with van der Waals surface area (Å²) in [5.74, 6) is 0.0286. The zero-order valence-electron chi connectivity index (χ0n) is 12.6. The Morgan fingerprint density at radius 3 is 2.48 bits per heavy atom. The minimum atomic E-state index is 0.0286. The maximum Gasteiger partial charge on any atom is 0.185 e. The standard InChI is InChI=1S/C20H20O/c1-4-8-19-15(2)11-12-17(16(19)3)13-14-20(21)18-9-6-5-7-10-18/h4-7,9-14H,1,8H2,2-3H3. The van der Waals surface area contributed by atoms with Crippen LogP contribution in [-0.4, -0.2) is 5.78 Å². The predicted octanol–water partition coefficient (Wildman–Crippen LogP) is 4.93. The highest BCUT2D eigenvalue weighted by molar-refractivity contribution is 6.06. The Labute approximate surface area is 126 Å². The summed E-state index contributed by atoms with van der Waals surface area (Å²) in [6, 6.07) is 13.5. The monoisotopic (exact) mass is 276 g/mol. The first-order chi connectivity index (χ1) is 10.1. The number of rotatable bonds is 5. The van der Waals surface area contributed by atoms with Crippen LogP contribution < -0.4 is 0 Å². The second-order valence-electron chi connectivity index (χ2n) is 5.13. The number of hydrogen-bond acceptors (Lipinski definition) is 1. The van der Waals surface area contributed by atoms with Crippen LogP contribution in [0.25, 0.3) is 6.08 Å². The van der Waals surface area contributed by atoms with Gasteiger partial charge in [0, 0.05) is 5.56 Å². The average molecular weight is 276 g/mol. The molecule has 1 heteroatoms. The lowest BCUT2D eigenvalue weighted by molar-refractivity contribution is 0.104. The molecule has 2 rings (SSSR count). The van der Waals surface area contributed by atoms with Crippen molar-refractivity contribution in [3.8, 4) is 0 Å². The second kappa shape index (κ2) is 6.85. The summed E-state index contributed by atoms with van der Waals surface area (Å²) in [5, 5.41) is 0. The quantitative estimate of drug-likeness (QED) is 0.430. The van der Waals surface area contributed by atoms with E-state index >= 15 is 0 Å². The third kappa shape index (κ3) is 3.57. The fourth-order valence-electron chi connectivity index (χ4n) is 2.41. The number of aryl methyl sites for hydroxylation is 1. The van der Waals surface area contributed by atoms with Gasteiger partial charge in [-0.25, -0.2) is 0 Å². The minimum Gasteiger partial charge on any atom is -0.289 e. The Morgan fingerprint density at radius 1 is 1.10 bits per heavy atom. The van der Waals surface area contributed by atoms with Crippen LogP contribution in [0.4, 0.5) is 0 Å². The molecule has 0 aromatic heterocycles. The van der Waals surface area contributed by atoms with Crippen LogP contribution in [0.3, 0.4) is 0 Å². The van der Waals surface area contributed by atoms with Crippen molar-refractivity contribution < 1.29 is 4.79 Å². The summed E-state index contributed by atoms with van der Waals surface area (Å²) in [7, 11) is 0. The summed E-state index contributed by atoms with van der Waals surface area (Å²) in [5.41, 5.74) is 5.57. The zero-order chi connectivity index (χ0) is 15.2. The van der Waals surface area contributed by atoms with E-state index in [2.05, 4.69) is 32.6 Å². The van der Waals surface area contributed by atoms with Crippen LogP contribution in [0.1, 0.15) is 32.6 Å². The van der Waals surface area contributed by atoms with Gasteiger partial charge in [-0.15, -0.1) is 6.58 Å². The second-order valence-corrected chi connectivity index (χ2v) is 5.13. The number of carbonyl (C=O) groups excluding carboxylic acids is 1. The van der Waals surface area contributed by atoms with Crippen molar-refractivity contribution in [3.05, 3.63) is 89.0 Å². The van der Waals surface area contributed by atoms with Gasteiger partial charge in [0.05, 0.1) is 0 Å². The van der Waals surface area contributed by atoms with Crippen molar-refractivity contribution in [2.45, 2.75) is 20.3 Å². The maximum atomic E-state index is 12.1. The highest BCUT2D eigenvalue weighted by Gasteiger charge is 2.05. The van der Waals surface area contributed by atoms with E-state index in [1.165, 1.54) is 16.7 Å². The van der Waals surface area contributed by atoms with Crippen molar-refractivity contribution in [2.75, 3.05) is 0 Å². The SMILES string of the molecule is C=CCc1c(C)ccc(C=CC(=O)c2ccccc2)c1C. The van der Waals surface area contributed by atoms with Crippen molar-refractivity contribution in [1.82, 2.24) is 0 Å². The molecule has 0 bridgehead atoms. The zero-order valence-corrected chi connectivity index (χ0v) is 12.6. The Kier molecular flexibility index (Phi) is 4.89. The fourth-order valence-corrected chi connectivity index (χ4v) is 2.41. The third-order valence-corrected chi connectivity index (χ3v) is 3.70. The molecule has 2 aromatic rings. The van der Waals surface area contributed by atoms with E-state index in [0.29, 0.717) is 5.56 Å². The topological polar surface area (TPSA) is 17.1 Å². The molecule has 0 aliphatic rings. The number of hydrogen-bond donors (Lipinski definition) is 0. The van der Waals surface area contributed by atoms with E-state index in [9.17, 15) is 4.79 Å². The largest absolute Gasteiger partial charge is 0.289 e. The lowest BCUT2D eigenvalue weighted by Crippen LogP contribution is -1.96. The van der Waals surface area contributed by atoms with E-state index in [1.54, 1.807) is 6.08 Å². The van der Waals surface area contributed by atoms with Crippen LogP contribution in [0.15, 0.2) is 61.2 Å². The molecule has 0 unspecified atom stereocenters. The molecule has 0 heterocycles. The van der Waals surface area contributed by atoms with Crippen LogP contribution >= 0.6 is 0 Å². The highest BCUT2D eigenvalue weighted by atomic mass is 16.1. The van der Waals surface area contributed by atoms with E-state index in [0.717, 1.165) is 12.0 Å². The molecule has 106 valence electrons. The lowest BCUT2D eigenvalue weighted by Gasteiger charge is -2.10. The molecule has 1 nitrogen and oxygen atoms in total. The first-order valence-electron chi connectivity index (χ1n) is 7.11. The van der Waals surface area contributed by atoms with Gasteiger partial charge in [0.2, 0.25) is 0 Å². The van der Waals surface area contributed by atoms with Crippen LogP contribution in [0, 0.1) is 13.8 Å². The smallest absolute Gasteiger partial charge is 0.185 e. The van der Waals surface area contributed by atoms with Crippen molar-refractivity contribution in [3.63, 3.8) is 0 Å². The van der Waals surface area contributed by atoms with E-state index < -0.39 is 0 Å². The summed E-state index contributed by atoms with van der Waals surface area (Å²) in [6.45, 7) is 8.01. The number of carbonyl (C=O) groups is 1. The molecule has 0 aliphatic heterocycles. The number of allylic oxidation sites excluding steroid dienone is 2. The number of benzene rings is 2. The van der Waals surface area contributed by atoms with Gasteiger partial charge < -0.3 is 0 Å². The molecule has 0 saturated carbocycles. The summed E-state index contributed by atoms with van der Waals surface area (Å²) < 4.78 is 0. The van der Waals surface area contributed by atoms with Gasteiger partial charge in [-0.2, -0.15) is 0 Å². The molecular weight excluding hydrogens is 256 g/mol. The molecule has 0 spiro atoms. The van der Waals surface area contributed by atoms with E-state index in [-0.39, 0.29) is 5.78 Å². The first kappa shape index (κ1) is 15.0. The minimum absolute atomic E-state index is 0.0286. The Bertz CT molecular complexity index is 678. The van der Waals surface area contributed by atoms with Gasteiger partial charge in [-0.3, -0.25) is 4.79 Å². The van der Waals surface area contributed by atoms with Gasteiger partial charge in [0.25, 0.3) is 0 Å². The van der Waals surface area contributed by atoms with Gasteiger partial charge in [-0.05, 0) is 48.6 Å².